The van der Waals surface area contributed by atoms with E-state index >= 15 is 0 Å². The van der Waals surface area contributed by atoms with Crippen LogP contribution in [0.4, 0.5) is 0 Å². The predicted octanol–water partition coefficient (Wildman–Crippen LogP) is 2.35. The van der Waals surface area contributed by atoms with Crippen molar-refractivity contribution in [1.82, 2.24) is 14.7 Å². The van der Waals surface area contributed by atoms with Crippen LogP contribution in [0.3, 0.4) is 0 Å². The zero-order chi connectivity index (χ0) is 18.1. The molecule has 0 saturated carbocycles. The number of amides is 1. The number of carbonyl (C=O) groups excluding carboxylic acids is 1. The molecule has 0 bridgehead atoms. The fourth-order valence-corrected chi connectivity index (χ4v) is 4.34. The molecule has 1 aromatic carbocycles. The number of aliphatic hydroxyl groups is 1. The Labute approximate surface area is 153 Å². The van der Waals surface area contributed by atoms with Crippen LogP contribution in [-0.4, -0.2) is 56.6 Å². The number of piperidine rings is 1. The van der Waals surface area contributed by atoms with Crippen molar-refractivity contribution in [3.8, 4) is 0 Å². The first kappa shape index (κ1) is 17.5. The van der Waals surface area contributed by atoms with Crippen molar-refractivity contribution in [2.24, 2.45) is 0 Å². The number of ether oxygens (including phenoxy) is 1. The number of nitrogens with zero attached hydrogens (tertiary/aromatic N) is 3. The molecule has 4 rings (SSSR count). The maximum Gasteiger partial charge on any atom is 0.244 e. The summed E-state index contributed by atoms with van der Waals surface area (Å²) >= 11 is 0. The van der Waals surface area contributed by atoms with Crippen molar-refractivity contribution >= 4 is 16.8 Å². The highest BCUT2D eigenvalue weighted by atomic mass is 16.5. The van der Waals surface area contributed by atoms with Crippen LogP contribution in [-0.2, 0) is 16.1 Å². The third kappa shape index (κ3) is 3.48. The van der Waals surface area contributed by atoms with Gasteiger partial charge in [0, 0.05) is 31.1 Å². The molecule has 2 fully saturated rings. The Morgan fingerprint density at radius 2 is 2.12 bits per heavy atom. The number of carbonyl (C=O) groups is 1. The molecule has 0 unspecified atom stereocenters. The van der Waals surface area contributed by atoms with Crippen LogP contribution in [0.25, 0.3) is 10.9 Å². The first-order valence-electron chi connectivity index (χ1n) is 9.63. The van der Waals surface area contributed by atoms with Gasteiger partial charge in [0.05, 0.1) is 23.3 Å². The van der Waals surface area contributed by atoms with Gasteiger partial charge in [-0.3, -0.25) is 9.48 Å². The highest BCUT2D eigenvalue weighted by Crippen LogP contribution is 2.38. The van der Waals surface area contributed by atoms with E-state index in [4.69, 9.17) is 4.74 Å². The van der Waals surface area contributed by atoms with E-state index in [-0.39, 0.29) is 30.3 Å². The van der Waals surface area contributed by atoms with Gasteiger partial charge in [0.25, 0.3) is 0 Å². The minimum Gasteiger partial charge on any atom is -0.393 e. The van der Waals surface area contributed by atoms with Gasteiger partial charge >= 0.3 is 0 Å². The average molecular weight is 357 g/mol. The van der Waals surface area contributed by atoms with Crippen molar-refractivity contribution in [1.29, 1.82) is 0 Å². The lowest BCUT2D eigenvalue weighted by Gasteiger charge is -2.47. The number of fused-ring (bicyclic) bond motifs is 1. The van der Waals surface area contributed by atoms with Gasteiger partial charge in [-0.2, -0.15) is 5.10 Å². The standard InChI is InChI=1S/C20H27N3O3/c1-2-17-11-16(24)12-20(26-17)7-9-22(10-8-20)19(25)14-23-13-15-5-3-4-6-18(15)21-23/h3-6,13,16-17,24H,2,7-12,14H2,1H3/t16-,17+/m1/s1. The molecule has 2 saturated heterocycles. The van der Waals surface area contributed by atoms with Crippen LogP contribution < -0.4 is 0 Å². The highest BCUT2D eigenvalue weighted by molar-refractivity contribution is 5.80. The molecule has 2 atom stereocenters. The molecule has 1 N–H and O–H groups in total. The van der Waals surface area contributed by atoms with Gasteiger partial charge in [-0.25, -0.2) is 0 Å². The topological polar surface area (TPSA) is 67.6 Å². The van der Waals surface area contributed by atoms with E-state index in [0.29, 0.717) is 19.5 Å². The normalized spacial score (nSPS) is 25.7. The number of rotatable bonds is 3. The molecule has 0 radical (unpaired) electrons. The van der Waals surface area contributed by atoms with E-state index < -0.39 is 0 Å². The van der Waals surface area contributed by atoms with Crippen LogP contribution in [0.2, 0.25) is 0 Å². The van der Waals surface area contributed by atoms with E-state index in [1.54, 1.807) is 4.68 Å². The lowest BCUT2D eigenvalue weighted by atomic mass is 9.81. The lowest BCUT2D eigenvalue weighted by molar-refractivity contribution is -0.184. The van der Waals surface area contributed by atoms with E-state index in [9.17, 15) is 9.90 Å². The molecule has 1 spiro atoms. The Hall–Kier alpha value is -1.92. The number of hydrogen-bond acceptors (Lipinski definition) is 4. The number of benzene rings is 1. The summed E-state index contributed by atoms with van der Waals surface area (Å²) < 4.78 is 8.03. The third-order valence-corrected chi connectivity index (χ3v) is 5.80. The molecule has 6 heteroatoms. The molecule has 0 aliphatic carbocycles. The second-order valence-electron chi connectivity index (χ2n) is 7.69. The lowest BCUT2D eigenvalue weighted by Crippen LogP contribution is -2.54. The summed E-state index contributed by atoms with van der Waals surface area (Å²) in [5.41, 5.74) is 0.656. The maximum absolute atomic E-state index is 12.7. The molecule has 140 valence electrons. The summed E-state index contributed by atoms with van der Waals surface area (Å²) in [6, 6.07) is 7.89. The quantitative estimate of drug-likeness (QED) is 0.916. The van der Waals surface area contributed by atoms with E-state index in [2.05, 4.69) is 12.0 Å². The zero-order valence-electron chi connectivity index (χ0n) is 15.3. The zero-order valence-corrected chi connectivity index (χ0v) is 15.3. The van der Waals surface area contributed by atoms with Gasteiger partial charge < -0.3 is 14.7 Å². The summed E-state index contributed by atoms with van der Waals surface area (Å²) in [6.45, 7) is 3.73. The summed E-state index contributed by atoms with van der Waals surface area (Å²) in [5.74, 6) is 0.0936. The van der Waals surface area contributed by atoms with E-state index in [0.717, 1.165) is 36.6 Å². The maximum atomic E-state index is 12.7. The summed E-state index contributed by atoms with van der Waals surface area (Å²) in [4.78, 5) is 14.6. The Morgan fingerprint density at radius 1 is 1.35 bits per heavy atom. The average Bonchev–Trinajstić information content (AvgIpc) is 3.03. The number of likely N-dealkylation sites (tertiary alicyclic amines) is 1. The van der Waals surface area contributed by atoms with Crippen LogP contribution in [0.1, 0.15) is 39.0 Å². The minimum atomic E-state index is -0.285. The first-order valence-corrected chi connectivity index (χ1v) is 9.63. The summed E-state index contributed by atoms with van der Waals surface area (Å²) in [5, 5.41) is 15.7. The van der Waals surface area contributed by atoms with Crippen molar-refractivity contribution < 1.29 is 14.6 Å². The Bertz CT molecular complexity index is 746. The van der Waals surface area contributed by atoms with Crippen LogP contribution in [0.15, 0.2) is 30.5 Å². The van der Waals surface area contributed by atoms with Crippen molar-refractivity contribution in [2.45, 2.75) is 63.4 Å². The molecule has 6 nitrogen and oxygen atoms in total. The molecule has 2 aliphatic rings. The SMILES string of the molecule is CC[C@H]1C[C@@H](O)CC2(CCN(C(=O)Cn3cc4ccccc4n3)CC2)O1. The van der Waals surface area contributed by atoms with Gasteiger partial charge in [-0.05, 0) is 31.7 Å². The monoisotopic (exact) mass is 357 g/mol. The Kier molecular flexibility index (Phi) is 4.71. The number of hydrogen-bond donors (Lipinski definition) is 1. The van der Waals surface area contributed by atoms with Gasteiger partial charge in [0.2, 0.25) is 5.91 Å². The molecular formula is C20H27N3O3. The first-order chi connectivity index (χ1) is 12.6. The van der Waals surface area contributed by atoms with Gasteiger partial charge in [0.15, 0.2) is 0 Å². The second-order valence-corrected chi connectivity index (χ2v) is 7.69. The Balaban J connectivity index is 1.37. The van der Waals surface area contributed by atoms with Gasteiger partial charge in [0.1, 0.15) is 6.54 Å². The third-order valence-electron chi connectivity index (χ3n) is 5.80. The smallest absolute Gasteiger partial charge is 0.244 e. The fraction of sp³-hybridized carbons (Fsp3) is 0.600. The fourth-order valence-electron chi connectivity index (χ4n) is 4.34. The minimum absolute atomic E-state index is 0.0936. The Morgan fingerprint density at radius 3 is 2.85 bits per heavy atom. The molecule has 1 amide bonds. The number of aliphatic hydroxyl groups excluding tert-OH is 1. The number of aromatic nitrogens is 2. The van der Waals surface area contributed by atoms with Crippen LogP contribution in [0.5, 0.6) is 0 Å². The van der Waals surface area contributed by atoms with Crippen molar-refractivity contribution in [2.75, 3.05) is 13.1 Å². The van der Waals surface area contributed by atoms with Gasteiger partial charge in [-0.15, -0.1) is 0 Å². The molecule has 26 heavy (non-hydrogen) atoms. The molecule has 3 heterocycles. The van der Waals surface area contributed by atoms with E-state index in [1.807, 2.05) is 35.4 Å². The predicted molar refractivity (Wildman–Crippen MR) is 98.7 cm³/mol. The summed E-state index contributed by atoms with van der Waals surface area (Å²) in [6.07, 6.45) is 5.72. The van der Waals surface area contributed by atoms with Crippen LogP contribution >= 0.6 is 0 Å². The summed E-state index contributed by atoms with van der Waals surface area (Å²) in [7, 11) is 0. The van der Waals surface area contributed by atoms with Gasteiger partial charge in [-0.1, -0.05) is 25.1 Å². The second kappa shape index (κ2) is 7.00. The largest absolute Gasteiger partial charge is 0.393 e. The van der Waals surface area contributed by atoms with E-state index in [1.165, 1.54) is 0 Å². The molecule has 1 aromatic heterocycles. The molecular weight excluding hydrogens is 330 g/mol. The molecule has 2 aromatic rings. The molecule has 2 aliphatic heterocycles. The van der Waals surface area contributed by atoms with Crippen LogP contribution in [0, 0.1) is 0 Å². The highest BCUT2D eigenvalue weighted by Gasteiger charge is 2.43. The van der Waals surface area contributed by atoms with Crippen molar-refractivity contribution in [3.63, 3.8) is 0 Å². The van der Waals surface area contributed by atoms with Crippen molar-refractivity contribution in [3.05, 3.63) is 30.5 Å².